The van der Waals surface area contributed by atoms with Crippen LogP contribution in [-0.2, 0) is 0 Å². The van der Waals surface area contributed by atoms with Crippen molar-refractivity contribution in [1.29, 1.82) is 0 Å². The fourth-order valence-corrected chi connectivity index (χ4v) is 1.65. The fourth-order valence-electron chi connectivity index (χ4n) is 1.65. The Morgan fingerprint density at radius 1 is 1.44 bits per heavy atom. The lowest BCUT2D eigenvalue weighted by molar-refractivity contribution is 0.241. The van der Waals surface area contributed by atoms with E-state index in [1.165, 1.54) is 12.8 Å². The van der Waals surface area contributed by atoms with Gasteiger partial charge in [0.1, 0.15) is 0 Å². The normalized spacial score (nSPS) is 18.2. The summed E-state index contributed by atoms with van der Waals surface area (Å²) in [6, 6.07) is 0. The largest absolute Gasteiger partial charge is 0.396 e. The van der Waals surface area contributed by atoms with Crippen LogP contribution in [0.2, 0.25) is 0 Å². The number of aliphatic imine (C=N–C) groups is 1. The molecule has 1 atom stereocenters. The molecule has 0 aromatic rings. The van der Waals surface area contributed by atoms with E-state index in [0.29, 0.717) is 6.54 Å². The molecule has 0 aromatic heterocycles. The molecule has 0 spiro atoms. The van der Waals surface area contributed by atoms with Crippen molar-refractivity contribution in [3.8, 4) is 0 Å². The number of halogens is 1. The molecule has 0 saturated carbocycles. The summed E-state index contributed by atoms with van der Waals surface area (Å²) in [6.07, 6.45) is 2.53. The summed E-state index contributed by atoms with van der Waals surface area (Å²) < 4.78 is 0. The number of rotatable bonds is 4. The lowest BCUT2D eigenvalue weighted by Gasteiger charge is -2.21. The Labute approximate surface area is 116 Å². The van der Waals surface area contributed by atoms with Gasteiger partial charge in [-0.1, -0.05) is 6.92 Å². The molecule has 0 aromatic carbocycles. The van der Waals surface area contributed by atoms with Crippen LogP contribution in [-0.4, -0.2) is 48.8 Å². The third-order valence-electron chi connectivity index (χ3n) is 2.60. The molecule has 0 aliphatic carbocycles. The third-order valence-corrected chi connectivity index (χ3v) is 2.60. The molecule has 4 nitrogen and oxygen atoms in total. The minimum atomic E-state index is 0. The molecule has 0 bridgehead atoms. The molecule has 2 N–H and O–H groups in total. The standard InChI is InChI=1S/C11H23N3O.HI/c1-3-12-11(13-8-10(2)9-15)14-6-4-5-7-14;/h10,15H,3-9H2,1-2H3,(H,12,13);1H. The first-order valence-electron chi connectivity index (χ1n) is 5.92. The Bertz CT molecular complexity index is 205. The van der Waals surface area contributed by atoms with E-state index in [9.17, 15) is 0 Å². The Morgan fingerprint density at radius 2 is 2.06 bits per heavy atom. The summed E-state index contributed by atoms with van der Waals surface area (Å²) in [5.41, 5.74) is 0. The molecule has 1 saturated heterocycles. The highest BCUT2D eigenvalue weighted by atomic mass is 127. The average Bonchev–Trinajstić information content (AvgIpc) is 2.76. The maximum Gasteiger partial charge on any atom is 0.193 e. The van der Waals surface area contributed by atoms with Crippen LogP contribution >= 0.6 is 24.0 Å². The SMILES string of the molecule is CCNC(=NCC(C)CO)N1CCCC1.I. The Kier molecular flexibility index (Phi) is 9.02. The lowest BCUT2D eigenvalue weighted by atomic mass is 10.2. The van der Waals surface area contributed by atoms with Gasteiger partial charge in [-0.2, -0.15) is 0 Å². The van der Waals surface area contributed by atoms with E-state index in [2.05, 4.69) is 22.1 Å². The Hall–Kier alpha value is -0.0400. The van der Waals surface area contributed by atoms with Crippen molar-refractivity contribution >= 4 is 29.9 Å². The van der Waals surface area contributed by atoms with Crippen molar-refractivity contribution in [3.05, 3.63) is 0 Å². The van der Waals surface area contributed by atoms with Gasteiger partial charge in [-0.3, -0.25) is 4.99 Å². The number of aliphatic hydroxyl groups excluding tert-OH is 1. The van der Waals surface area contributed by atoms with Gasteiger partial charge in [-0.15, -0.1) is 24.0 Å². The number of aliphatic hydroxyl groups is 1. The van der Waals surface area contributed by atoms with Crippen molar-refractivity contribution < 1.29 is 5.11 Å². The number of hydrogen-bond acceptors (Lipinski definition) is 2. The van der Waals surface area contributed by atoms with Crippen LogP contribution < -0.4 is 5.32 Å². The van der Waals surface area contributed by atoms with Gasteiger partial charge in [0.15, 0.2) is 5.96 Å². The second kappa shape index (κ2) is 9.04. The van der Waals surface area contributed by atoms with Crippen molar-refractivity contribution in [2.24, 2.45) is 10.9 Å². The van der Waals surface area contributed by atoms with Gasteiger partial charge < -0.3 is 15.3 Å². The molecular formula is C11H24IN3O. The lowest BCUT2D eigenvalue weighted by Crippen LogP contribution is -2.39. The summed E-state index contributed by atoms with van der Waals surface area (Å²) in [7, 11) is 0. The molecule has 1 aliphatic rings. The molecule has 16 heavy (non-hydrogen) atoms. The van der Waals surface area contributed by atoms with Crippen molar-refractivity contribution in [2.45, 2.75) is 26.7 Å². The van der Waals surface area contributed by atoms with Crippen LogP contribution in [0.5, 0.6) is 0 Å². The van der Waals surface area contributed by atoms with Gasteiger partial charge in [0.25, 0.3) is 0 Å². The third kappa shape index (κ3) is 5.34. The smallest absolute Gasteiger partial charge is 0.193 e. The van der Waals surface area contributed by atoms with Crippen molar-refractivity contribution in [3.63, 3.8) is 0 Å². The van der Waals surface area contributed by atoms with E-state index in [4.69, 9.17) is 5.11 Å². The van der Waals surface area contributed by atoms with E-state index < -0.39 is 0 Å². The number of guanidine groups is 1. The zero-order valence-electron chi connectivity index (χ0n) is 10.3. The average molecular weight is 341 g/mol. The maximum absolute atomic E-state index is 8.94. The van der Waals surface area contributed by atoms with E-state index in [1.54, 1.807) is 0 Å². The quantitative estimate of drug-likeness (QED) is 0.460. The Balaban J connectivity index is 0.00000225. The predicted molar refractivity (Wildman–Crippen MR) is 78.5 cm³/mol. The molecule has 96 valence electrons. The van der Waals surface area contributed by atoms with E-state index >= 15 is 0 Å². The zero-order valence-corrected chi connectivity index (χ0v) is 12.6. The summed E-state index contributed by atoms with van der Waals surface area (Å²) >= 11 is 0. The number of hydrogen-bond donors (Lipinski definition) is 2. The summed E-state index contributed by atoms with van der Waals surface area (Å²) in [4.78, 5) is 6.84. The van der Waals surface area contributed by atoms with Gasteiger partial charge in [-0.05, 0) is 25.7 Å². The highest BCUT2D eigenvalue weighted by Gasteiger charge is 2.15. The van der Waals surface area contributed by atoms with E-state index in [-0.39, 0.29) is 36.5 Å². The van der Waals surface area contributed by atoms with Crippen LogP contribution in [0.15, 0.2) is 4.99 Å². The van der Waals surface area contributed by atoms with Gasteiger partial charge in [-0.25, -0.2) is 0 Å². The van der Waals surface area contributed by atoms with Gasteiger partial charge in [0, 0.05) is 32.8 Å². The second-order valence-corrected chi connectivity index (χ2v) is 4.18. The molecule has 0 radical (unpaired) electrons. The first kappa shape index (κ1) is 16.0. The van der Waals surface area contributed by atoms with E-state index in [0.717, 1.165) is 25.6 Å². The van der Waals surface area contributed by atoms with Crippen molar-refractivity contribution in [1.82, 2.24) is 10.2 Å². The first-order chi connectivity index (χ1) is 7.27. The molecule has 1 unspecified atom stereocenters. The maximum atomic E-state index is 8.94. The first-order valence-corrected chi connectivity index (χ1v) is 5.92. The second-order valence-electron chi connectivity index (χ2n) is 4.18. The molecule has 0 amide bonds. The molecule has 1 heterocycles. The van der Waals surface area contributed by atoms with Gasteiger partial charge in [0.05, 0.1) is 0 Å². The van der Waals surface area contributed by atoms with Crippen LogP contribution in [0.4, 0.5) is 0 Å². The molecule has 1 aliphatic heterocycles. The Morgan fingerprint density at radius 3 is 2.56 bits per heavy atom. The van der Waals surface area contributed by atoms with Crippen molar-refractivity contribution in [2.75, 3.05) is 32.8 Å². The summed E-state index contributed by atoms with van der Waals surface area (Å²) in [6.45, 7) is 8.14. The predicted octanol–water partition coefficient (Wildman–Crippen LogP) is 1.29. The van der Waals surface area contributed by atoms with Crippen LogP contribution in [0, 0.1) is 5.92 Å². The van der Waals surface area contributed by atoms with E-state index in [1.807, 2.05) is 6.92 Å². The highest BCUT2D eigenvalue weighted by molar-refractivity contribution is 14.0. The summed E-state index contributed by atoms with van der Waals surface area (Å²) in [5.74, 6) is 1.26. The zero-order chi connectivity index (χ0) is 11.1. The van der Waals surface area contributed by atoms with Gasteiger partial charge in [0.2, 0.25) is 0 Å². The van der Waals surface area contributed by atoms with Crippen LogP contribution in [0.3, 0.4) is 0 Å². The molecular weight excluding hydrogens is 317 g/mol. The van der Waals surface area contributed by atoms with Gasteiger partial charge >= 0.3 is 0 Å². The molecule has 5 heteroatoms. The highest BCUT2D eigenvalue weighted by Crippen LogP contribution is 2.07. The molecule has 1 fully saturated rings. The summed E-state index contributed by atoms with van der Waals surface area (Å²) in [5, 5.41) is 12.2. The number of nitrogens with one attached hydrogen (secondary N) is 1. The topological polar surface area (TPSA) is 47.9 Å². The minimum absolute atomic E-state index is 0. The van der Waals surface area contributed by atoms with Crippen LogP contribution in [0.25, 0.3) is 0 Å². The fraction of sp³-hybridized carbons (Fsp3) is 0.909. The van der Waals surface area contributed by atoms with Crippen LogP contribution in [0.1, 0.15) is 26.7 Å². The molecule has 1 rings (SSSR count). The number of likely N-dealkylation sites (tertiary alicyclic amines) is 1. The number of nitrogens with zero attached hydrogens (tertiary/aromatic N) is 2. The minimum Gasteiger partial charge on any atom is -0.396 e. The monoisotopic (exact) mass is 341 g/mol.